The molecule has 0 unspecified atom stereocenters. The van der Waals surface area contributed by atoms with Crippen LogP contribution < -0.4 is 4.57 Å². The van der Waals surface area contributed by atoms with Gasteiger partial charge in [-0.15, -0.1) is 11.3 Å². The number of fused-ring (bicyclic) bond motifs is 2. The van der Waals surface area contributed by atoms with Gasteiger partial charge in [0.25, 0.3) is 5.82 Å². The topological polar surface area (TPSA) is 21.7 Å². The second kappa shape index (κ2) is 6.78. The molecule has 0 aliphatic rings. The van der Waals surface area contributed by atoms with Gasteiger partial charge in [-0.25, -0.2) is 14.1 Å². The molecule has 0 atom stereocenters. The Morgan fingerprint density at radius 3 is 2.33 bits per heavy atom. The van der Waals surface area contributed by atoms with Gasteiger partial charge in [0.05, 0.1) is 22.8 Å². The average molecular weight is 413 g/mol. The van der Waals surface area contributed by atoms with E-state index in [0.29, 0.717) is 0 Å². The summed E-state index contributed by atoms with van der Waals surface area (Å²) in [5.74, 6) is 1.23. The molecule has 2 aromatic heterocycles. The van der Waals surface area contributed by atoms with Crippen LogP contribution >= 0.6 is 11.3 Å². The van der Waals surface area contributed by atoms with Crippen LogP contribution in [0, 0.1) is 6.92 Å². The van der Waals surface area contributed by atoms with E-state index in [-0.39, 0.29) is 5.54 Å². The summed E-state index contributed by atoms with van der Waals surface area (Å²) in [5.41, 5.74) is 7.22. The Morgan fingerprint density at radius 2 is 1.60 bits per heavy atom. The predicted molar refractivity (Wildman–Crippen MR) is 127 cm³/mol. The van der Waals surface area contributed by atoms with Crippen molar-refractivity contribution in [1.29, 1.82) is 0 Å². The van der Waals surface area contributed by atoms with Crippen LogP contribution in [0.1, 0.15) is 26.3 Å². The average Bonchev–Trinajstić information content (AvgIpc) is 3.28. The van der Waals surface area contributed by atoms with Gasteiger partial charge in [0.2, 0.25) is 0 Å². The molecule has 0 bridgehead atoms. The zero-order valence-corrected chi connectivity index (χ0v) is 18.9. The fraction of sp³-hybridized carbons (Fsp3) is 0.231. The largest absolute Gasteiger partial charge is 0.291 e. The predicted octanol–water partition coefficient (Wildman–Crippen LogP) is 6.47. The maximum absolute atomic E-state index is 4.99. The van der Waals surface area contributed by atoms with Crippen LogP contribution in [0.4, 0.5) is 0 Å². The van der Waals surface area contributed by atoms with Crippen molar-refractivity contribution >= 4 is 32.6 Å². The molecule has 0 aliphatic heterocycles. The van der Waals surface area contributed by atoms with Gasteiger partial charge >= 0.3 is 0 Å². The number of hydrogen-bond acceptors (Lipinski definition) is 2. The van der Waals surface area contributed by atoms with Crippen molar-refractivity contribution in [3.8, 4) is 22.0 Å². The first-order valence-corrected chi connectivity index (χ1v) is 11.1. The van der Waals surface area contributed by atoms with Crippen LogP contribution in [-0.2, 0) is 12.6 Å². The van der Waals surface area contributed by atoms with E-state index < -0.39 is 0 Å². The Bertz CT molecular complexity index is 1390. The van der Waals surface area contributed by atoms with E-state index >= 15 is 0 Å². The fourth-order valence-corrected chi connectivity index (χ4v) is 5.51. The summed E-state index contributed by atoms with van der Waals surface area (Å²) in [5, 5.41) is 1.07. The first kappa shape index (κ1) is 19.0. The molecule has 0 N–H and O–H groups in total. The summed E-state index contributed by atoms with van der Waals surface area (Å²) in [7, 11) is 2.18. The first-order valence-electron chi connectivity index (χ1n) is 10.3. The van der Waals surface area contributed by atoms with Crippen LogP contribution in [0.15, 0.2) is 66.7 Å². The van der Waals surface area contributed by atoms with Crippen molar-refractivity contribution in [1.82, 2.24) is 9.55 Å². The highest BCUT2D eigenvalue weighted by molar-refractivity contribution is 7.22. The van der Waals surface area contributed by atoms with E-state index in [4.69, 9.17) is 4.98 Å². The Kier molecular flexibility index (Phi) is 4.30. The van der Waals surface area contributed by atoms with Gasteiger partial charge in [-0.2, -0.15) is 0 Å². The molecule has 5 aromatic rings. The number of aromatic nitrogens is 3. The number of thiazole rings is 1. The number of para-hydroxylation sites is 2. The van der Waals surface area contributed by atoms with Gasteiger partial charge in [0.15, 0.2) is 11.0 Å². The van der Waals surface area contributed by atoms with Crippen LogP contribution in [0.5, 0.6) is 0 Å². The Balaban J connectivity index is 1.89. The molecule has 0 spiro atoms. The van der Waals surface area contributed by atoms with Crippen molar-refractivity contribution in [2.24, 2.45) is 7.05 Å². The lowest BCUT2D eigenvalue weighted by atomic mass is 10.0. The van der Waals surface area contributed by atoms with Gasteiger partial charge in [0.1, 0.15) is 10.5 Å². The summed E-state index contributed by atoms with van der Waals surface area (Å²) >= 11 is 1.79. The van der Waals surface area contributed by atoms with Crippen LogP contribution in [0.25, 0.3) is 43.2 Å². The Hall–Kier alpha value is -2.98. The number of nitrogens with zero attached hydrogens (tertiary/aromatic N) is 3. The van der Waals surface area contributed by atoms with Crippen LogP contribution in [0.3, 0.4) is 0 Å². The quantitative estimate of drug-likeness (QED) is 0.304. The monoisotopic (exact) mass is 412 g/mol. The van der Waals surface area contributed by atoms with Gasteiger partial charge in [-0.1, -0.05) is 48.5 Å². The fourth-order valence-electron chi connectivity index (χ4n) is 4.35. The summed E-state index contributed by atoms with van der Waals surface area (Å²) in [6.07, 6.45) is 0. The molecule has 0 aliphatic carbocycles. The smallest absolute Gasteiger partial charge is 0.236 e. The molecular formula is C26H26N3S+. The lowest BCUT2D eigenvalue weighted by molar-refractivity contribution is -0.634. The molecule has 3 nitrogen and oxygen atoms in total. The molecule has 0 saturated heterocycles. The lowest BCUT2D eigenvalue weighted by Gasteiger charge is -2.19. The van der Waals surface area contributed by atoms with Crippen molar-refractivity contribution in [2.45, 2.75) is 33.2 Å². The number of benzene rings is 3. The number of rotatable bonds is 2. The second-order valence-corrected chi connectivity index (χ2v) is 9.87. The molecule has 5 rings (SSSR count). The van der Waals surface area contributed by atoms with Gasteiger partial charge < -0.3 is 0 Å². The molecule has 0 amide bonds. The highest BCUT2D eigenvalue weighted by Gasteiger charge is 2.34. The molecule has 4 heteroatoms. The minimum Gasteiger partial charge on any atom is -0.236 e. The van der Waals surface area contributed by atoms with Gasteiger partial charge in [-0.05, 0) is 51.5 Å². The van der Waals surface area contributed by atoms with E-state index in [2.05, 4.69) is 105 Å². The second-order valence-electron chi connectivity index (χ2n) is 8.87. The number of hydrogen-bond donors (Lipinski definition) is 0. The van der Waals surface area contributed by atoms with Crippen molar-refractivity contribution in [3.05, 3.63) is 72.3 Å². The molecule has 0 fully saturated rings. The highest BCUT2D eigenvalue weighted by Crippen LogP contribution is 2.40. The Labute approximate surface area is 181 Å². The molecule has 3 aromatic carbocycles. The third-order valence-electron chi connectivity index (χ3n) is 5.69. The van der Waals surface area contributed by atoms with Gasteiger partial charge in [-0.3, -0.25) is 0 Å². The number of imidazole rings is 1. The van der Waals surface area contributed by atoms with E-state index in [1.807, 2.05) is 6.07 Å². The summed E-state index contributed by atoms with van der Waals surface area (Å²) in [6, 6.07) is 23.5. The zero-order chi connectivity index (χ0) is 21.0. The molecular weight excluding hydrogens is 386 g/mol. The molecule has 150 valence electrons. The normalized spacial score (nSPS) is 12.2. The lowest BCUT2D eigenvalue weighted by Crippen LogP contribution is -2.33. The van der Waals surface area contributed by atoms with E-state index in [9.17, 15) is 0 Å². The Morgan fingerprint density at radius 1 is 0.900 bits per heavy atom. The summed E-state index contributed by atoms with van der Waals surface area (Å²) in [4.78, 5) is 4.99. The molecule has 30 heavy (non-hydrogen) atoms. The van der Waals surface area contributed by atoms with Crippen LogP contribution in [0.2, 0.25) is 0 Å². The standard InChI is InChI=1S/C26H26N3S/c1-17-15-16-19-23(30-24(27-19)18-11-7-6-8-12-18)22(17)25-28(5)20-13-9-10-14-21(20)29(25)26(2,3)4/h6-16H,1-5H3/q+1. The van der Waals surface area contributed by atoms with Crippen molar-refractivity contribution < 1.29 is 4.57 Å². The third kappa shape index (κ3) is 2.86. The maximum atomic E-state index is 4.99. The molecule has 0 saturated carbocycles. The highest BCUT2D eigenvalue weighted by atomic mass is 32.1. The maximum Gasteiger partial charge on any atom is 0.291 e. The minimum atomic E-state index is -0.0578. The molecule has 0 radical (unpaired) electrons. The van der Waals surface area contributed by atoms with Crippen molar-refractivity contribution in [3.63, 3.8) is 0 Å². The summed E-state index contributed by atoms with van der Waals surface area (Å²) < 4.78 is 6.06. The van der Waals surface area contributed by atoms with Crippen LogP contribution in [-0.4, -0.2) is 9.55 Å². The van der Waals surface area contributed by atoms with Crippen molar-refractivity contribution in [2.75, 3.05) is 0 Å². The first-order chi connectivity index (χ1) is 14.4. The SMILES string of the molecule is Cc1ccc2nc(-c3ccccc3)sc2c1-c1n(C(C)(C)C)c2ccccc2[n+]1C. The third-order valence-corrected chi connectivity index (χ3v) is 6.83. The van der Waals surface area contributed by atoms with E-state index in [1.165, 1.54) is 38.2 Å². The summed E-state index contributed by atoms with van der Waals surface area (Å²) in [6.45, 7) is 9.04. The van der Waals surface area contributed by atoms with Gasteiger partial charge in [0, 0.05) is 5.56 Å². The zero-order valence-electron chi connectivity index (χ0n) is 18.1. The van der Waals surface area contributed by atoms with E-state index in [0.717, 1.165) is 10.5 Å². The minimum absolute atomic E-state index is 0.0578. The number of aryl methyl sites for hydroxylation is 2. The molecule has 2 heterocycles. The van der Waals surface area contributed by atoms with E-state index in [1.54, 1.807) is 11.3 Å².